The predicted molar refractivity (Wildman–Crippen MR) is 37.8 cm³/mol. The van der Waals surface area contributed by atoms with E-state index in [1.54, 1.807) is 0 Å². The molecule has 0 saturated heterocycles. The van der Waals surface area contributed by atoms with Gasteiger partial charge in [0.05, 0.1) is 6.21 Å². The summed E-state index contributed by atoms with van der Waals surface area (Å²) in [5, 5.41) is 6.55. The number of allylic oxidation sites excluding steroid dienone is 2. The smallest absolute Gasteiger partial charge is 0.173 e. The summed E-state index contributed by atoms with van der Waals surface area (Å²) in [5.74, 6) is -0.104. The lowest BCUT2D eigenvalue weighted by Crippen LogP contribution is -1.95. The fourth-order valence-electron chi connectivity index (χ4n) is 0.464. The highest BCUT2D eigenvalue weighted by atomic mass is 16.1. The number of Topliss-reactive ketones (excluding diaryl/α,β-unsaturated/α-hetero) is 1. The third kappa shape index (κ3) is 4.94. The lowest BCUT2D eigenvalue weighted by Gasteiger charge is -1.85. The Kier molecular flexibility index (Phi) is 4.69. The normalized spacial score (nSPS) is 9.89. The van der Waals surface area contributed by atoms with Gasteiger partial charge in [0.15, 0.2) is 5.78 Å². The van der Waals surface area contributed by atoms with E-state index in [0.29, 0.717) is 6.42 Å². The summed E-state index contributed by atoms with van der Waals surface area (Å²) < 4.78 is 0. The Morgan fingerprint density at radius 2 is 2.33 bits per heavy atom. The molecule has 2 heteroatoms. The Morgan fingerprint density at radius 1 is 1.67 bits per heavy atom. The summed E-state index contributed by atoms with van der Waals surface area (Å²) in [7, 11) is 0. The molecule has 0 fully saturated rings. The van der Waals surface area contributed by atoms with E-state index in [1.807, 2.05) is 19.1 Å². The Hall–Kier alpha value is -0.920. The number of ketones is 1. The van der Waals surface area contributed by atoms with Crippen LogP contribution in [0.4, 0.5) is 0 Å². The Morgan fingerprint density at radius 3 is 2.78 bits per heavy atom. The molecule has 9 heavy (non-hydrogen) atoms. The quantitative estimate of drug-likeness (QED) is 0.449. The zero-order valence-corrected chi connectivity index (χ0v) is 5.55. The summed E-state index contributed by atoms with van der Waals surface area (Å²) >= 11 is 0. The maximum absolute atomic E-state index is 10.4. The maximum Gasteiger partial charge on any atom is 0.173 e. The number of hydrogen-bond donors (Lipinski definition) is 1. The predicted octanol–water partition coefficient (Wildman–Crippen LogP) is 1.56. The number of rotatable bonds is 4. The van der Waals surface area contributed by atoms with Crippen LogP contribution in [0.1, 0.15) is 19.8 Å². The standard InChI is InChI=1S/C7H11NO/c1-2-3-4-5-7(9)6-8/h2-3,6,8H,4-5H2,1H3. The molecule has 0 atom stereocenters. The van der Waals surface area contributed by atoms with Gasteiger partial charge in [0.2, 0.25) is 0 Å². The molecule has 0 bridgehead atoms. The molecule has 0 unspecified atom stereocenters. The maximum atomic E-state index is 10.4. The summed E-state index contributed by atoms with van der Waals surface area (Å²) in [6.07, 6.45) is 5.90. The molecule has 0 amide bonds. The first-order chi connectivity index (χ1) is 4.31. The highest BCUT2D eigenvalue weighted by Crippen LogP contribution is 1.89. The second-order valence-corrected chi connectivity index (χ2v) is 1.72. The molecule has 0 aromatic heterocycles. The number of nitrogens with one attached hydrogen (secondary N) is 1. The highest BCUT2D eigenvalue weighted by molar-refractivity contribution is 6.26. The summed E-state index contributed by atoms with van der Waals surface area (Å²) in [5.41, 5.74) is 0. The fourth-order valence-corrected chi connectivity index (χ4v) is 0.464. The Labute approximate surface area is 55.1 Å². The first-order valence-corrected chi connectivity index (χ1v) is 2.95. The van der Waals surface area contributed by atoms with Gasteiger partial charge in [-0.3, -0.25) is 4.79 Å². The molecule has 0 rings (SSSR count). The molecule has 0 aliphatic rings. The van der Waals surface area contributed by atoms with Crippen LogP contribution in [0.25, 0.3) is 0 Å². The number of carbonyl (C=O) groups excluding carboxylic acids is 1. The molecule has 0 spiro atoms. The molecule has 50 valence electrons. The van der Waals surface area contributed by atoms with E-state index in [1.165, 1.54) is 0 Å². The Balaban J connectivity index is 3.27. The zero-order valence-electron chi connectivity index (χ0n) is 5.55. The Bertz CT molecular complexity index is 127. The van der Waals surface area contributed by atoms with Gasteiger partial charge >= 0.3 is 0 Å². The van der Waals surface area contributed by atoms with Crippen LogP contribution in [0.2, 0.25) is 0 Å². The van der Waals surface area contributed by atoms with Crippen molar-refractivity contribution < 1.29 is 4.79 Å². The van der Waals surface area contributed by atoms with Crippen molar-refractivity contribution in [2.45, 2.75) is 19.8 Å². The van der Waals surface area contributed by atoms with Crippen molar-refractivity contribution >= 4 is 12.0 Å². The number of carbonyl (C=O) groups is 1. The minimum absolute atomic E-state index is 0.104. The SMILES string of the molecule is CC=CCCC(=O)C=N. The fraction of sp³-hybridized carbons (Fsp3) is 0.429. The van der Waals surface area contributed by atoms with Crippen molar-refractivity contribution in [1.82, 2.24) is 0 Å². The lowest BCUT2D eigenvalue weighted by atomic mass is 10.2. The average Bonchev–Trinajstić information content (AvgIpc) is 1.89. The van der Waals surface area contributed by atoms with E-state index >= 15 is 0 Å². The van der Waals surface area contributed by atoms with Gasteiger partial charge in [-0.2, -0.15) is 0 Å². The molecule has 0 radical (unpaired) electrons. The molecule has 0 aliphatic heterocycles. The van der Waals surface area contributed by atoms with Crippen LogP contribution in [0.3, 0.4) is 0 Å². The van der Waals surface area contributed by atoms with Crippen LogP contribution in [0, 0.1) is 5.41 Å². The van der Waals surface area contributed by atoms with Crippen molar-refractivity contribution in [2.75, 3.05) is 0 Å². The third-order valence-electron chi connectivity index (χ3n) is 0.954. The van der Waals surface area contributed by atoms with Crippen LogP contribution in [0.5, 0.6) is 0 Å². The van der Waals surface area contributed by atoms with E-state index < -0.39 is 0 Å². The molecule has 0 aromatic rings. The molecule has 0 aliphatic carbocycles. The van der Waals surface area contributed by atoms with Crippen molar-refractivity contribution in [3.05, 3.63) is 12.2 Å². The second kappa shape index (κ2) is 5.22. The van der Waals surface area contributed by atoms with Crippen molar-refractivity contribution in [1.29, 1.82) is 5.41 Å². The molecule has 0 heterocycles. The highest BCUT2D eigenvalue weighted by Gasteiger charge is 1.91. The van der Waals surface area contributed by atoms with Crippen LogP contribution >= 0.6 is 0 Å². The average molecular weight is 125 g/mol. The van der Waals surface area contributed by atoms with Crippen molar-refractivity contribution in [3.63, 3.8) is 0 Å². The second-order valence-electron chi connectivity index (χ2n) is 1.72. The molecule has 1 N–H and O–H groups in total. The van der Waals surface area contributed by atoms with Crippen molar-refractivity contribution in [3.8, 4) is 0 Å². The van der Waals surface area contributed by atoms with Crippen LogP contribution in [-0.4, -0.2) is 12.0 Å². The van der Waals surface area contributed by atoms with Gasteiger partial charge in [-0.25, -0.2) is 0 Å². The molecule has 0 aromatic carbocycles. The summed E-state index contributed by atoms with van der Waals surface area (Å²) in [4.78, 5) is 10.4. The van der Waals surface area contributed by atoms with Gasteiger partial charge in [-0.05, 0) is 13.3 Å². The molecular formula is C7H11NO. The van der Waals surface area contributed by atoms with Crippen molar-refractivity contribution in [2.24, 2.45) is 0 Å². The van der Waals surface area contributed by atoms with Gasteiger partial charge in [-0.15, -0.1) is 0 Å². The van der Waals surface area contributed by atoms with E-state index in [0.717, 1.165) is 12.6 Å². The first kappa shape index (κ1) is 8.08. The van der Waals surface area contributed by atoms with Gasteiger partial charge < -0.3 is 5.41 Å². The van der Waals surface area contributed by atoms with Gasteiger partial charge in [0, 0.05) is 6.42 Å². The van der Waals surface area contributed by atoms with E-state index in [4.69, 9.17) is 5.41 Å². The lowest BCUT2D eigenvalue weighted by molar-refractivity contribution is -0.112. The van der Waals surface area contributed by atoms with Crippen LogP contribution < -0.4 is 0 Å². The summed E-state index contributed by atoms with van der Waals surface area (Å²) in [6.45, 7) is 1.91. The first-order valence-electron chi connectivity index (χ1n) is 2.95. The number of hydrogen-bond acceptors (Lipinski definition) is 2. The topological polar surface area (TPSA) is 40.9 Å². The largest absolute Gasteiger partial charge is 0.305 e. The van der Waals surface area contributed by atoms with Crippen LogP contribution in [0.15, 0.2) is 12.2 Å². The van der Waals surface area contributed by atoms with Gasteiger partial charge in [0.25, 0.3) is 0 Å². The third-order valence-corrected chi connectivity index (χ3v) is 0.954. The van der Waals surface area contributed by atoms with E-state index in [2.05, 4.69) is 0 Å². The minimum atomic E-state index is -0.104. The van der Waals surface area contributed by atoms with E-state index in [-0.39, 0.29) is 5.78 Å². The van der Waals surface area contributed by atoms with E-state index in [9.17, 15) is 4.79 Å². The van der Waals surface area contributed by atoms with Gasteiger partial charge in [-0.1, -0.05) is 12.2 Å². The van der Waals surface area contributed by atoms with Crippen LogP contribution in [-0.2, 0) is 4.79 Å². The minimum Gasteiger partial charge on any atom is -0.305 e. The van der Waals surface area contributed by atoms with Gasteiger partial charge in [0.1, 0.15) is 0 Å². The monoisotopic (exact) mass is 125 g/mol. The molecule has 0 saturated carbocycles. The molecule has 2 nitrogen and oxygen atoms in total. The zero-order chi connectivity index (χ0) is 7.11. The molecular weight excluding hydrogens is 114 g/mol. The summed E-state index contributed by atoms with van der Waals surface area (Å²) in [6, 6.07) is 0.